The van der Waals surface area contributed by atoms with Crippen molar-refractivity contribution in [2.75, 3.05) is 0 Å². The summed E-state index contributed by atoms with van der Waals surface area (Å²) in [6.07, 6.45) is -1.03. The molecule has 16 nitrogen and oxygen atoms in total. The first-order valence-corrected chi connectivity index (χ1v) is 45.1. The van der Waals surface area contributed by atoms with Crippen molar-refractivity contribution in [3.8, 4) is 93.1 Å². The molecule has 8 aromatic rings. The zero-order valence-electron chi connectivity index (χ0n) is 70.2. The van der Waals surface area contributed by atoms with Crippen molar-refractivity contribution >= 4 is 139 Å². The number of nitrogens with zero attached hydrogens (tertiary/aromatic N) is 8. The van der Waals surface area contributed by atoms with Crippen LogP contribution in [-0.4, -0.2) is 46.3 Å². The Morgan fingerprint density at radius 3 is 0.422 bits per heavy atom. The number of halogens is 8. The van der Waals surface area contributed by atoms with Gasteiger partial charge in [0, 0.05) is 47.3 Å². The number of hydrogen-bond donors (Lipinski definition) is 0. The Morgan fingerprint density at radius 1 is 0.211 bits per heavy atom. The maximum atomic E-state index is 17.6. The van der Waals surface area contributed by atoms with Gasteiger partial charge in [0.25, 0.3) is 0 Å². The Hall–Kier alpha value is -11.7. The Balaban J connectivity index is 1.20. The number of carbonyl (C=O) groups is 8. The van der Waals surface area contributed by atoms with Crippen LogP contribution in [0, 0.1) is 189 Å². The maximum Gasteiger partial charge on any atom is 0.199 e. The molecular weight excluding hydrogens is 1770 g/mol. The minimum absolute atomic E-state index is 0.0333. The van der Waals surface area contributed by atoms with Crippen LogP contribution in [0.2, 0.25) is 0 Å². The lowest BCUT2D eigenvalue weighted by Gasteiger charge is -2.66. The van der Waals surface area contributed by atoms with Gasteiger partial charge in [0.1, 0.15) is 40.3 Å². The molecule has 0 aromatic heterocycles. The van der Waals surface area contributed by atoms with E-state index in [1.807, 2.05) is 79.7 Å². The summed E-state index contributed by atoms with van der Waals surface area (Å²) in [5, 5.41) is 101. The first-order chi connectivity index (χ1) is 60.9. The Bertz CT molecular complexity index is 6640. The van der Waals surface area contributed by atoms with Gasteiger partial charge in [-0.25, -0.2) is 0 Å². The number of ketones is 8. The summed E-state index contributed by atoms with van der Waals surface area (Å²) in [4.78, 5) is 140. The second-order valence-electron chi connectivity index (χ2n) is 36.9. The quantitative estimate of drug-likeness (QED) is 0.136. The van der Waals surface area contributed by atoms with Gasteiger partial charge in [0.05, 0.1) is 48.6 Å². The minimum Gasteiger partial charge on any atom is -0.291 e. The molecule has 0 radical (unpaired) electrons. The number of Topliss-reactive ketones (excluding diaryl/α,β-unsaturated/α-hetero) is 8. The maximum absolute atomic E-state index is 17.6. The molecule has 16 aliphatic rings. The molecule has 0 amide bonds. The fourth-order valence-corrected chi connectivity index (χ4v) is 30.4. The summed E-state index contributed by atoms with van der Waals surface area (Å²) in [6.45, 7) is 21.4. The van der Waals surface area contributed by atoms with E-state index in [1.165, 1.54) is 0 Å². The van der Waals surface area contributed by atoms with E-state index in [1.54, 1.807) is 76.2 Å². The van der Waals surface area contributed by atoms with Crippen molar-refractivity contribution in [1.82, 2.24) is 0 Å². The SMILES string of the molecule is CCc1c2c3c(-c4cc(C)cc(C)c4)c4c1C1c5c(CC)c6c(c(-c7cc(C)cc(C)c7)c5C4[C@@]4(C#N)C(=O)C(Cl)=C(Cl)C(=O)[C@@]14C#N)C1c4c(-c5cc(C)cc(C)c5)c5c(c(CC)c4C6[C@]4(C#N)C(=O)C(Cl)=C(Cl)C(=O)[C@]14C#N)C1c4c(CC)c6c(c(-c7cc(C)cc(C)c7)c4C5[C@@]4(C#N)C(=O)C(Cl)=C(Cl)C(=O)[C@@]14C#N)C3[C@@]1(C#N)C(=O)C(Cl)=C(Cl)C(=O)[C@@]1(C#N)C26. The normalized spacial score (nSPS) is 30.3. The van der Waals surface area contributed by atoms with E-state index in [9.17, 15) is 42.1 Å². The van der Waals surface area contributed by atoms with Gasteiger partial charge in [0.15, 0.2) is 89.6 Å². The fraction of sp³-hybridized carbons (Fsp3) is 0.308. The van der Waals surface area contributed by atoms with Crippen molar-refractivity contribution < 1.29 is 38.4 Å². The second-order valence-corrected chi connectivity index (χ2v) is 39.9. The number of benzene rings is 8. The predicted molar refractivity (Wildman–Crippen MR) is 477 cm³/mol. The molecule has 0 N–H and O–H groups in total. The lowest BCUT2D eigenvalue weighted by atomic mass is 9.31. The topological polar surface area (TPSA) is 327 Å². The number of hydrogen-bond acceptors (Lipinski definition) is 16. The Labute approximate surface area is 774 Å². The number of nitriles is 8. The van der Waals surface area contributed by atoms with E-state index in [0.717, 1.165) is 0 Å². The van der Waals surface area contributed by atoms with E-state index in [-0.39, 0.29) is 181 Å². The van der Waals surface area contributed by atoms with Gasteiger partial charge >= 0.3 is 0 Å². The molecule has 24 rings (SSSR count). The molecule has 8 aromatic carbocycles. The lowest BCUT2D eigenvalue weighted by molar-refractivity contribution is -0.142. The van der Waals surface area contributed by atoms with Gasteiger partial charge in [0.2, 0.25) is 0 Å². The standard InChI is InChI=1S/C104H64Cl8N8O8/c1-13-49-57-65-53(45-21-37(5)17-38(6)22-45)66-58(49)74-60-51(15-3)62-70(55(47-25-41(9)19-42(10)26-47)68(60)78(66)102(34-118)94(126)86(110)82(106)90(122)98(74,102)30-114)80-72-56(48-27-43(11)20-44(12)28-48)71-63(52(16-4)64(72)76(62)100(32-116)92(124)84(108)88(112)96(128)104(80,100)36-120)75-61-50(14-2)59-67(77(65)101(33-117)93(125)85(109)81(105)89(121)97(101,29-113)73(57)59)54(46-23-39(7)18-40(8)24-46)69(61)79(71)103(35-119)95(127)87(111)83(107)91(123)99(75,103)31-115/h17-28,73-80H,13-16H2,1-12H3/t73?,74?,75?,76?,77?,78?,79?,80?,97-,98-,99-,100-,101+,102+,103+,104+/m1/s1. The smallest absolute Gasteiger partial charge is 0.199 e. The number of aryl methyl sites for hydroxylation is 8. The van der Waals surface area contributed by atoms with Gasteiger partial charge in [-0.05, 0) is 237 Å². The molecule has 624 valence electrons. The van der Waals surface area contributed by atoms with Crippen molar-refractivity contribution in [2.24, 2.45) is 43.3 Å². The molecule has 0 saturated heterocycles. The fourth-order valence-electron chi connectivity index (χ4n) is 28.6. The number of allylic oxidation sites excluding steroid dienone is 8. The zero-order chi connectivity index (χ0) is 91.6. The van der Waals surface area contributed by atoms with Crippen LogP contribution >= 0.6 is 92.8 Å². The van der Waals surface area contributed by atoms with Crippen molar-refractivity contribution in [3.63, 3.8) is 0 Å². The van der Waals surface area contributed by atoms with E-state index < -0.39 is 177 Å². The van der Waals surface area contributed by atoms with Gasteiger partial charge < -0.3 is 0 Å². The molecule has 0 spiro atoms. The van der Waals surface area contributed by atoms with Crippen molar-refractivity contribution in [2.45, 2.75) is 156 Å². The molecule has 0 aliphatic heterocycles. The largest absolute Gasteiger partial charge is 0.291 e. The Kier molecular flexibility index (Phi) is 17.0. The van der Waals surface area contributed by atoms with Crippen LogP contribution in [0.4, 0.5) is 0 Å². The van der Waals surface area contributed by atoms with Crippen LogP contribution in [0.5, 0.6) is 0 Å². The van der Waals surface area contributed by atoms with Crippen LogP contribution in [-0.2, 0) is 64.0 Å². The zero-order valence-corrected chi connectivity index (χ0v) is 76.3. The highest BCUT2D eigenvalue weighted by Crippen LogP contribution is 2.87. The van der Waals surface area contributed by atoms with Crippen LogP contribution in [0.3, 0.4) is 0 Å². The van der Waals surface area contributed by atoms with Crippen LogP contribution in [0.25, 0.3) is 44.5 Å². The molecule has 16 aliphatic carbocycles. The highest BCUT2D eigenvalue weighted by atomic mass is 35.5. The van der Waals surface area contributed by atoms with Crippen LogP contribution in [0.1, 0.15) is 231 Å². The predicted octanol–water partition coefficient (Wildman–Crippen LogP) is 21.2. The van der Waals surface area contributed by atoms with Crippen LogP contribution < -0.4 is 0 Å². The van der Waals surface area contributed by atoms with E-state index in [4.69, 9.17) is 92.8 Å². The van der Waals surface area contributed by atoms with Gasteiger partial charge in [-0.15, -0.1) is 0 Å². The average Bonchev–Trinajstić information content (AvgIpc) is 0.609. The molecule has 128 heavy (non-hydrogen) atoms. The molecule has 8 bridgehead atoms. The Morgan fingerprint density at radius 2 is 0.320 bits per heavy atom. The highest BCUT2D eigenvalue weighted by molar-refractivity contribution is 6.60. The molecule has 0 unspecified atom stereocenters. The summed E-state index contributed by atoms with van der Waals surface area (Å²) in [7, 11) is 0. The molecule has 8 atom stereocenters. The first-order valence-electron chi connectivity index (χ1n) is 42.0. The number of carbonyl (C=O) groups excluding carboxylic acids is 8. The summed E-state index contributed by atoms with van der Waals surface area (Å²) in [6, 6.07) is 41.4. The molecule has 0 heterocycles. The van der Waals surface area contributed by atoms with E-state index >= 15 is 38.4 Å². The lowest BCUT2D eigenvalue weighted by Crippen LogP contribution is -2.68. The summed E-state index contributed by atoms with van der Waals surface area (Å²) in [5.41, 5.74) is -18.0. The summed E-state index contributed by atoms with van der Waals surface area (Å²) in [5.74, 6) is -26.9. The average molecular weight is 1840 g/mol. The van der Waals surface area contributed by atoms with Gasteiger partial charge in [-0.2, -0.15) is 42.1 Å². The minimum atomic E-state index is -3.16. The van der Waals surface area contributed by atoms with Crippen molar-refractivity contribution in [3.05, 3.63) is 269 Å². The third-order valence-electron chi connectivity index (χ3n) is 31.7. The van der Waals surface area contributed by atoms with Crippen molar-refractivity contribution in [1.29, 1.82) is 42.1 Å². The van der Waals surface area contributed by atoms with Gasteiger partial charge in [-0.3, -0.25) is 38.4 Å². The molecular formula is C104H64Cl8N8O8. The molecule has 0 saturated carbocycles. The van der Waals surface area contributed by atoms with Crippen LogP contribution in [0.15, 0.2) is 113 Å². The highest BCUT2D eigenvalue weighted by Gasteiger charge is 2.87. The van der Waals surface area contributed by atoms with E-state index in [0.29, 0.717) is 44.5 Å². The number of rotatable bonds is 8. The second kappa shape index (κ2) is 26.1. The molecule has 24 heteroatoms. The first kappa shape index (κ1) is 83.2. The van der Waals surface area contributed by atoms with Gasteiger partial charge in [-0.1, -0.05) is 238 Å². The summed E-state index contributed by atoms with van der Waals surface area (Å²) < 4.78 is 0. The third kappa shape index (κ3) is 8.15. The van der Waals surface area contributed by atoms with E-state index in [2.05, 4.69) is 48.6 Å². The third-order valence-corrected chi connectivity index (χ3v) is 35.0. The summed E-state index contributed by atoms with van der Waals surface area (Å²) >= 11 is 59.7. The molecule has 0 fully saturated rings. The monoisotopic (exact) mass is 1830 g/mol.